The average molecular weight is 322 g/mol. The molecule has 1 aromatic carbocycles. The van der Waals surface area contributed by atoms with Crippen LogP contribution in [0.15, 0.2) is 45.5 Å². The Hall–Kier alpha value is -1.26. The average Bonchev–Trinajstić information content (AvgIpc) is 2.86. The van der Waals surface area contributed by atoms with Gasteiger partial charge >= 0.3 is 0 Å². The van der Waals surface area contributed by atoms with Crippen molar-refractivity contribution < 1.29 is 9.15 Å². The Kier molecular flexibility index (Phi) is 3.62. The molecule has 3 rings (SSSR count). The van der Waals surface area contributed by atoms with Crippen LogP contribution in [0, 0.1) is 0 Å². The third kappa shape index (κ3) is 2.42. The van der Waals surface area contributed by atoms with Gasteiger partial charge in [0.2, 0.25) is 0 Å². The number of fused-ring (bicyclic) bond motifs is 1. The molecule has 1 aromatic heterocycles. The molecule has 0 saturated carbocycles. The van der Waals surface area contributed by atoms with E-state index in [-0.39, 0.29) is 6.04 Å². The van der Waals surface area contributed by atoms with E-state index in [9.17, 15) is 0 Å². The van der Waals surface area contributed by atoms with Crippen LogP contribution >= 0.6 is 15.9 Å². The van der Waals surface area contributed by atoms with Crippen LogP contribution in [0.4, 0.5) is 0 Å². The number of rotatable bonds is 3. The van der Waals surface area contributed by atoms with Crippen LogP contribution in [0.1, 0.15) is 29.7 Å². The van der Waals surface area contributed by atoms with E-state index < -0.39 is 0 Å². The van der Waals surface area contributed by atoms with E-state index in [1.54, 1.807) is 0 Å². The minimum atomic E-state index is 0.163. The summed E-state index contributed by atoms with van der Waals surface area (Å²) in [6.07, 6.45) is 0.987. The van der Waals surface area contributed by atoms with E-state index in [2.05, 4.69) is 33.4 Å². The topological polar surface area (TPSA) is 34.4 Å². The maximum atomic E-state index is 5.72. The summed E-state index contributed by atoms with van der Waals surface area (Å²) in [6, 6.07) is 12.4. The first kappa shape index (κ1) is 12.8. The van der Waals surface area contributed by atoms with Gasteiger partial charge in [-0.1, -0.05) is 18.2 Å². The third-order valence-electron chi connectivity index (χ3n) is 3.62. The van der Waals surface area contributed by atoms with Gasteiger partial charge in [-0.05, 0) is 53.2 Å². The van der Waals surface area contributed by atoms with Crippen molar-refractivity contribution in [2.45, 2.75) is 18.4 Å². The Balaban J connectivity index is 1.97. The highest BCUT2D eigenvalue weighted by atomic mass is 79.9. The minimum Gasteiger partial charge on any atom is -0.493 e. The predicted molar refractivity (Wildman–Crippen MR) is 77.5 cm³/mol. The van der Waals surface area contributed by atoms with Crippen LogP contribution in [0.2, 0.25) is 0 Å². The monoisotopic (exact) mass is 321 g/mol. The first-order valence-corrected chi connectivity index (χ1v) is 7.23. The summed E-state index contributed by atoms with van der Waals surface area (Å²) in [5, 5.41) is 3.37. The molecule has 4 heteroatoms. The molecule has 3 nitrogen and oxygen atoms in total. The van der Waals surface area contributed by atoms with E-state index in [1.807, 2.05) is 31.3 Å². The molecule has 2 atom stereocenters. The summed E-state index contributed by atoms with van der Waals surface area (Å²) in [7, 11) is 1.97. The SMILES string of the molecule is CNC(c1ccc(Br)o1)C1CCOc2ccccc21. The molecule has 2 heterocycles. The van der Waals surface area contributed by atoms with Gasteiger partial charge in [-0.25, -0.2) is 0 Å². The highest BCUT2D eigenvalue weighted by Crippen LogP contribution is 2.41. The zero-order valence-corrected chi connectivity index (χ0v) is 12.3. The molecule has 100 valence electrons. The number of benzene rings is 1. The van der Waals surface area contributed by atoms with E-state index in [0.717, 1.165) is 29.2 Å². The zero-order chi connectivity index (χ0) is 13.2. The largest absolute Gasteiger partial charge is 0.493 e. The van der Waals surface area contributed by atoms with Gasteiger partial charge in [0.25, 0.3) is 0 Å². The molecule has 1 N–H and O–H groups in total. The number of para-hydroxylation sites is 1. The van der Waals surface area contributed by atoms with Crippen LogP contribution in [-0.4, -0.2) is 13.7 Å². The maximum Gasteiger partial charge on any atom is 0.169 e. The van der Waals surface area contributed by atoms with Crippen molar-refractivity contribution in [3.63, 3.8) is 0 Å². The summed E-state index contributed by atoms with van der Waals surface area (Å²) in [6.45, 7) is 0.752. The van der Waals surface area contributed by atoms with Gasteiger partial charge in [0.05, 0.1) is 12.6 Å². The molecule has 0 fully saturated rings. The van der Waals surface area contributed by atoms with Crippen molar-refractivity contribution in [3.05, 3.63) is 52.4 Å². The van der Waals surface area contributed by atoms with E-state index >= 15 is 0 Å². The van der Waals surface area contributed by atoms with Gasteiger partial charge < -0.3 is 14.5 Å². The van der Waals surface area contributed by atoms with Crippen molar-refractivity contribution in [2.24, 2.45) is 0 Å². The van der Waals surface area contributed by atoms with Gasteiger partial charge in [0.1, 0.15) is 11.5 Å². The highest BCUT2D eigenvalue weighted by molar-refractivity contribution is 9.10. The second-order valence-corrected chi connectivity index (χ2v) is 5.47. The van der Waals surface area contributed by atoms with Gasteiger partial charge in [-0.3, -0.25) is 0 Å². The number of furan rings is 1. The lowest BCUT2D eigenvalue weighted by Crippen LogP contribution is -2.27. The lowest BCUT2D eigenvalue weighted by Gasteiger charge is -2.31. The molecule has 0 amide bonds. The normalized spacial score (nSPS) is 19.6. The molecule has 2 unspecified atom stereocenters. The summed E-state index contributed by atoms with van der Waals surface area (Å²) in [4.78, 5) is 0. The van der Waals surface area contributed by atoms with Gasteiger partial charge in [0, 0.05) is 5.92 Å². The summed E-state index contributed by atoms with van der Waals surface area (Å²) >= 11 is 3.37. The van der Waals surface area contributed by atoms with Crippen LogP contribution in [0.5, 0.6) is 5.75 Å². The van der Waals surface area contributed by atoms with Crippen molar-refractivity contribution in [2.75, 3.05) is 13.7 Å². The van der Waals surface area contributed by atoms with E-state index in [0.29, 0.717) is 5.92 Å². The summed E-state index contributed by atoms with van der Waals surface area (Å²) < 4.78 is 12.2. The molecular weight excluding hydrogens is 306 g/mol. The van der Waals surface area contributed by atoms with Crippen LogP contribution in [0.25, 0.3) is 0 Å². The molecular formula is C15H16BrNO2. The molecule has 1 aliphatic rings. The first-order chi connectivity index (χ1) is 9.29. The van der Waals surface area contributed by atoms with Crippen LogP contribution in [0.3, 0.4) is 0 Å². The predicted octanol–water partition coefficient (Wildman–Crippen LogP) is 3.87. The fourth-order valence-corrected chi connectivity index (χ4v) is 3.07. The molecule has 0 aliphatic carbocycles. The first-order valence-electron chi connectivity index (χ1n) is 6.44. The Bertz CT molecular complexity index is 567. The quantitative estimate of drug-likeness (QED) is 0.931. The lowest BCUT2D eigenvalue weighted by molar-refractivity contribution is 0.239. The Labute approximate surface area is 121 Å². The third-order valence-corrected chi connectivity index (χ3v) is 4.04. The molecule has 1 aliphatic heterocycles. The fraction of sp³-hybridized carbons (Fsp3) is 0.333. The minimum absolute atomic E-state index is 0.163. The van der Waals surface area contributed by atoms with Gasteiger partial charge in [-0.15, -0.1) is 0 Å². The number of ether oxygens (including phenoxy) is 1. The second-order valence-electron chi connectivity index (χ2n) is 4.69. The molecule has 0 spiro atoms. The van der Waals surface area contributed by atoms with Crippen LogP contribution < -0.4 is 10.1 Å². The second kappa shape index (κ2) is 5.39. The fourth-order valence-electron chi connectivity index (χ4n) is 2.75. The Morgan fingerprint density at radius 3 is 2.84 bits per heavy atom. The summed E-state index contributed by atoms with van der Waals surface area (Å²) in [5.74, 6) is 2.31. The summed E-state index contributed by atoms with van der Waals surface area (Å²) in [5.41, 5.74) is 1.25. The Morgan fingerprint density at radius 1 is 1.26 bits per heavy atom. The molecule has 2 aromatic rings. The van der Waals surface area contributed by atoms with Crippen molar-refractivity contribution in [1.29, 1.82) is 0 Å². The number of nitrogens with one attached hydrogen (secondary N) is 1. The number of likely N-dealkylation sites (N-methyl/N-ethyl adjacent to an activating group) is 1. The number of hydrogen-bond acceptors (Lipinski definition) is 3. The smallest absolute Gasteiger partial charge is 0.169 e. The van der Waals surface area contributed by atoms with E-state index in [1.165, 1.54) is 5.56 Å². The van der Waals surface area contributed by atoms with Crippen molar-refractivity contribution in [3.8, 4) is 5.75 Å². The van der Waals surface area contributed by atoms with Crippen molar-refractivity contribution >= 4 is 15.9 Å². The van der Waals surface area contributed by atoms with E-state index in [4.69, 9.17) is 9.15 Å². The van der Waals surface area contributed by atoms with Gasteiger partial charge in [0.15, 0.2) is 4.67 Å². The molecule has 0 bridgehead atoms. The highest BCUT2D eigenvalue weighted by Gasteiger charge is 2.30. The number of halogens is 1. The molecule has 0 saturated heterocycles. The Morgan fingerprint density at radius 2 is 2.11 bits per heavy atom. The lowest BCUT2D eigenvalue weighted by atomic mass is 9.85. The molecule has 0 radical (unpaired) electrons. The van der Waals surface area contributed by atoms with Crippen molar-refractivity contribution in [1.82, 2.24) is 5.32 Å². The van der Waals surface area contributed by atoms with Gasteiger partial charge in [-0.2, -0.15) is 0 Å². The maximum absolute atomic E-state index is 5.72. The number of hydrogen-bond donors (Lipinski definition) is 1. The zero-order valence-electron chi connectivity index (χ0n) is 10.7. The standard InChI is InChI=1S/C15H16BrNO2/c1-17-15(13-6-7-14(16)19-13)11-8-9-18-12-5-3-2-4-10(11)12/h2-7,11,15,17H,8-9H2,1H3. The van der Waals surface area contributed by atoms with Crippen LogP contribution in [-0.2, 0) is 0 Å². The molecule has 19 heavy (non-hydrogen) atoms.